The zero-order chi connectivity index (χ0) is 21.3. The molecule has 32 heavy (non-hydrogen) atoms. The summed E-state index contributed by atoms with van der Waals surface area (Å²) in [4.78, 5) is 0. The van der Waals surface area contributed by atoms with E-state index in [0.717, 1.165) is 25.7 Å². The Hall–Kier alpha value is -3.64. The van der Waals surface area contributed by atoms with E-state index in [-0.39, 0.29) is 0 Å². The van der Waals surface area contributed by atoms with E-state index in [0.29, 0.717) is 0 Å². The van der Waals surface area contributed by atoms with E-state index in [1.165, 1.54) is 44.5 Å². The average Bonchev–Trinajstić information content (AvgIpc) is 3.41. The summed E-state index contributed by atoms with van der Waals surface area (Å²) in [6.07, 6.45) is 4.36. The minimum Gasteiger partial charge on any atom is -0.0622 e. The van der Waals surface area contributed by atoms with Gasteiger partial charge in [-0.2, -0.15) is 0 Å². The summed E-state index contributed by atoms with van der Waals surface area (Å²) in [5, 5.41) is 0. The van der Waals surface area contributed by atoms with Crippen LogP contribution in [0.5, 0.6) is 0 Å². The van der Waals surface area contributed by atoms with Crippen molar-refractivity contribution in [1.29, 1.82) is 0 Å². The van der Waals surface area contributed by atoms with Crippen LogP contribution in [0.3, 0.4) is 0 Å². The van der Waals surface area contributed by atoms with Gasteiger partial charge in [0.2, 0.25) is 0 Å². The molecule has 0 unspecified atom stereocenters. The summed E-state index contributed by atoms with van der Waals surface area (Å²) in [6, 6.07) is 39.8. The van der Waals surface area contributed by atoms with E-state index in [9.17, 15) is 0 Å². The number of allylic oxidation sites excluding steroid dienone is 2. The van der Waals surface area contributed by atoms with Gasteiger partial charge < -0.3 is 0 Å². The van der Waals surface area contributed by atoms with Crippen LogP contribution in [-0.2, 0) is 12.8 Å². The molecule has 0 aliphatic heterocycles. The summed E-state index contributed by atoms with van der Waals surface area (Å²) < 4.78 is 0. The lowest BCUT2D eigenvalue weighted by Crippen LogP contribution is -1.94. The third-order valence-corrected chi connectivity index (χ3v) is 6.94. The van der Waals surface area contributed by atoms with Crippen LogP contribution in [0.1, 0.15) is 46.2 Å². The molecule has 0 saturated carbocycles. The minimum absolute atomic E-state index is 1.07. The third kappa shape index (κ3) is 3.33. The molecule has 0 saturated heterocycles. The van der Waals surface area contributed by atoms with Crippen molar-refractivity contribution in [3.05, 3.63) is 154 Å². The Kier molecular flexibility index (Phi) is 4.85. The van der Waals surface area contributed by atoms with Crippen molar-refractivity contribution in [1.82, 2.24) is 0 Å². The van der Waals surface area contributed by atoms with Crippen LogP contribution in [0.4, 0.5) is 0 Å². The van der Waals surface area contributed by atoms with E-state index >= 15 is 0 Å². The highest BCUT2D eigenvalue weighted by molar-refractivity contribution is 5.89. The maximum absolute atomic E-state index is 2.30. The number of hydrogen-bond acceptors (Lipinski definition) is 0. The third-order valence-electron chi connectivity index (χ3n) is 6.94. The molecular formula is C32H26. The first kappa shape index (κ1) is 19.1. The molecule has 154 valence electrons. The van der Waals surface area contributed by atoms with Gasteiger partial charge in [-0.05, 0) is 70.2 Å². The Morgan fingerprint density at radius 1 is 0.406 bits per heavy atom. The van der Waals surface area contributed by atoms with Crippen molar-refractivity contribution in [2.24, 2.45) is 0 Å². The Morgan fingerprint density at radius 3 is 1.22 bits per heavy atom. The SMILES string of the molecule is c1ccc(C2=C(CCC3=C(c4ccccc4)c4ccccc4C3)Cc3ccccc32)cc1. The fourth-order valence-electron chi connectivity index (χ4n) is 5.51. The molecule has 2 aliphatic rings. The van der Waals surface area contributed by atoms with Crippen molar-refractivity contribution in [3.8, 4) is 0 Å². The summed E-state index contributed by atoms with van der Waals surface area (Å²) in [5.74, 6) is 0. The van der Waals surface area contributed by atoms with E-state index in [4.69, 9.17) is 0 Å². The predicted octanol–water partition coefficient (Wildman–Crippen LogP) is 7.88. The van der Waals surface area contributed by atoms with Crippen LogP contribution in [-0.4, -0.2) is 0 Å². The second-order valence-electron chi connectivity index (χ2n) is 8.86. The van der Waals surface area contributed by atoms with Crippen LogP contribution in [0.15, 0.2) is 120 Å². The summed E-state index contributed by atoms with van der Waals surface area (Å²) in [6.45, 7) is 0. The van der Waals surface area contributed by atoms with Gasteiger partial charge in [-0.3, -0.25) is 0 Å². The molecule has 0 N–H and O–H groups in total. The molecule has 4 aromatic rings. The van der Waals surface area contributed by atoms with Crippen LogP contribution in [0, 0.1) is 0 Å². The van der Waals surface area contributed by atoms with Crippen molar-refractivity contribution < 1.29 is 0 Å². The molecule has 2 aliphatic carbocycles. The fraction of sp³-hybridized carbons (Fsp3) is 0.125. The average molecular weight is 411 g/mol. The second kappa shape index (κ2) is 8.13. The lowest BCUT2D eigenvalue weighted by Gasteiger charge is -2.12. The van der Waals surface area contributed by atoms with E-state index in [1.54, 1.807) is 11.1 Å². The van der Waals surface area contributed by atoms with Crippen molar-refractivity contribution in [2.75, 3.05) is 0 Å². The highest BCUT2D eigenvalue weighted by Gasteiger charge is 2.25. The van der Waals surface area contributed by atoms with Gasteiger partial charge >= 0.3 is 0 Å². The highest BCUT2D eigenvalue weighted by Crippen LogP contribution is 2.43. The highest BCUT2D eigenvalue weighted by atomic mass is 14.3. The summed E-state index contributed by atoms with van der Waals surface area (Å²) in [5.41, 5.74) is 14.5. The maximum atomic E-state index is 2.30. The number of fused-ring (bicyclic) bond motifs is 2. The first-order valence-corrected chi connectivity index (χ1v) is 11.6. The first-order valence-electron chi connectivity index (χ1n) is 11.6. The van der Waals surface area contributed by atoms with Crippen LogP contribution < -0.4 is 0 Å². The lowest BCUT2D eigenvalue weighted by molar-refractivity contribution is 0.882. The van der Waals surface area contributed by atoms with Gasteiger partial charge in [0, 0.05) is 0 Å². The van der Waals surface area contributed by atoms with Gasteiger partial charge in [0.1, 0.15) is 0 Å². The van der Waals surface area contributed by atoms with Gasteiger partial charge in [-0.15, -0.1) is 0 Å². The molecule has 4 aromatic carbocycles. The molecule has 0 bridgehead atoms. The Balaban J connectivity index is 1.39. The summed E-state index contributed by atoms with van der Waals surface area (Å²) >= 11 is 0. The Labute approximate surface area is 190 Å². The van der Waals surface area contributed by atoms with Gasteiger partial charge in [0.05, 0.1) is 0 Å². The van der Waals surface area contributed by atoms with Crippen LogP contribution >= 0.6 is 0 Å². The zero-order valence-corrected chi connectivity index (χ0v) is 18.2. The molecule has 0 fully saturated rings. The van der Waals surface area contributed by atoms with Gasteiger partial charge in [-0.1, -0.05) is 120 Å². The standard InChI is InChI=1S/C32H26/c1-3-11-23(12-4-1)31-27(21-25-15-7-9-17-29(25)31)19-20-28-22-26-16-8-10-18-30(26)32(28)24-13-5-2-6-14-24/h1-18H,19-22H2. The monoisotopic (exact) mass is 410 g/mol. The van der Waals surface area contributed by atoms with Gasteiger partial charge in [0.25, 0.3) is 0 Å². The number of benzene rings is 4. The van der Waals surface area contributed by atoms with Gasteiger partial charge in [0.15, 0.2) is 0 Å². The van der Waals surface area contributed by atoms with Crippen LogP contribution in [0.2, 0.25) is 0 Å². The zero-order valence-electron chi connectivity index (χ0n) is 18.2. The minimum atomic E-state index is 1.07. The van der Waals surface area contributed by atoms with Gasteiger partial charge in [-0.25, -0.2) is 0 Å². The largest absolute Gasteiger partial charge is 0.0622 e. The van der Waals surface area contributed by atoms with Crippen molar-refractivity contribution in [2.45, 2.75) is 25.7 Å². The topological polar surface area (TPSA) is 0 Å². The molecule has 0 radical (unpaired) electrons. The maximum Gasteiger partial charge on any atom is -0.00514 e. The Bertz CT molecular complexity index is 1230. The van der Waals surface area contributed by atoms with Crippen molar-refractivity contribution in [3.63, 3.8) is 0 Å². The molecule has 6 rings (SSSR count). The molecule has 0 heteroatoms. The van der Waals surface area contributed by atoms with E-state index < -0.39 is 0 Å². The Morgan fingerprint density at radius 2 is 0.781 bits per heavy atom. The number of hydrogen-bond donors (Lipinski definition) is 0. The van der Waals surface area contributed by atoms with Crippen LogP contribution in [0.25, 0.3) is 11.1 Å². The smallest absolute Gasteiger partial charge is 0.00514 e. The molecule has 0 aromatic heterocycles. The normalized spacial score (nSPS) is 14.6. The van der Waals surface area contributed by atoms with E-state index in [1.807, 2.05) is 0 Å². The van der Waals surface area contributed by atoms with E-state index in [2.05, 4.69) is 109 Å². The molecule has 0 amide bonds. The summed E-state index contributed by atoms with van der Waals surface area (Å²) in [7, 11) is 0. The molecule has 0 spiro atoms. The fourth-order valence-corrected chi connectivity index (χ4v) is 5.51. The quantitative estimate of drug-likeness (QED) is 0.314. The van der Waals surface area contributed by atoms with Crippen molar-refractivity contribution >= 4 is 11.1 Å². The molecular weight excluding hydrogens is 384 g/mol. The molecule has 0 heterocycles. The molecule has 0 atom stereocenters. The lowest BCUT2D eigenvalue weighted by atomic mass is 9.92. The molecule has 0 nitrogen and oxygen atoms in total. The predicted molar refractivity (Wildman–Crippen MR) is 134 cm³/mol. The first-order chi connectivity index (χ1) is 15.9. The second-order valence-corrected chi connectivity index (χ2v) is 8.86. The number of rotatable bonds is 5.